The van der Waals surface area contributed by atoms with Gasteiger partial charge in [-0.15, -0.1) is 0 Å². The maximum atomic E-state index is 5.61. The van der Waals surface area contributed by atoms with E-state index in [0.29, 0.717) is 6.04 Å². The molecule has 0 saturated carbocycles. The number of rotatable bonds is 12. The molecule has 0 fully saturated rings. The van der Waals surface area contributed by atoms with Crippen LogP contribution in [0.4, 0.5) is 0 Å². The minimum atomic E-state index is 0.691. The van der Waals surface area contributed by atoms with Crippen LogP contribution in [-0.2, 0) is 0 Å². The molecule has 0 spiro atoms. The first-order valence-corrected chi connectivity index (χ1v) is 7.68. The lowest BCUT2D eigenvalue weighted by atomic mass is 9.96. The molecule has 104 valence electrons. The molecular weight excluding hydrogens is 208 g/mol. The molecule has 0 aliphatic heterocycles. The van der Waals surface area contributed by atoms with Crippen molar-refractivity contribution in [2.45, 2.75) is 78.2 Å². The Morgan fingerprint density at radius 1 is 1.00 bits per heavy atom. The first-order chi connectivity index (χ1) is 8.24. The monoisotopic (exact) mass is 242 g/mol. The van der Waals surface area contributed by atoms with Crippen molar-refractivity contribution in [1.82, 2.24) is 5.32 Å². The summed E-state index contributed by atoms with van der Waals surface area (Å²) in [5, 5.41) is 3.63. The molecule has 0 aromatic rings. The largest absolute Gasteiger partial charge is 0.330 e. The third kappa shape index (κ3) is 10.8. The van der Waals surface area contributed by atoms with Gasteiger partial charge in [0.15, 0.2) is 0 Å². The smallest absolute Gasteiger partial charge is 0.00387 e. The number of hydrogen-bond donors (Lipinski definition) is 2. The van der Waals surface area contributed by atoms with E-state index in [9.17, 15) is 0 Å². The Hall–Kier alpha value is -0.0800. The summed E-state index contributed by atoms with van der Waals surface area (Å²) in [6, 6.07) is 0.691. The molecule has 2 atom stereocenters. The van der Waals surface area contributed by atoms with Crippen LogP contribution >= 0.6 is 0 Å². The summed E-state index contributed by atoms with van der Waals surface area (Å²) in [5.74, 6) is 0.845. The molecule has 2 unspecified atom stereocenters. The lowest BCUT2D eigenvalue weighted by Gasteiger charge is -2.16. The van der Waals surface area contributed by atoms with Gasteiger partial charge < -0.3 is 11.1 Å². The van der Waals surface area contributed by atoms with Crippen LogP contribution in [0.5, 0.6) is 0 Å². The van der Waals surface area contributed by atoms with Gasteiger partial charge in [0.25, 0.3) is 0 Å². The number of hydrogen-bond acceptors (Lipinski definition) is 2. The second-order valence-corrected chi connectivity index (χ2v) is 5.34. The molecule has 0 aliphatic rings. The molecule has 0 radical (unpaired) electrons. The Balaban J connectivity index is 3.36. The van der Waals surface area contributed by atoms with Crippen LogP contribution in [-0.4, -0.2) is 19.1 Å². The minimum absolute atomic E-state index is 0.691. The Kier molecular flexibility index (Phi) is 12.3. The molecular formula is C15H34N2. The van der Waals surface area contributed by atoms with Crippen molar-refractivity contribution in [3.8, 4) is 0 Å². The standard InChI is InChI=1S/C15H34N2/c1-4-6-7-9-14(3)17-13-8-10-15(5-2)11-12-16/h14-15,17H,4-13,16H2,1-3H3. The highest BCUT2D eigenvalue weighted by molar-refractivity contribution is 4.63. The first-order valence-electron chi connectivity index (χ1n) is 7.68. The fourth-order valence-electron chi connectivity index (χ4n) is 2.33. The molecule has 0 aromatic heterocycles. The topological polar surface area (TPSA) is 38.0 Å². The van der Waals surface area contributed by atoms with Crippen LogP contribution in [0, 0.1) is 5.92 Å². The van der Waals surface area contributed by atoms with Gasteiger partial charge in [0.2, 0.25) is 0 Å². The number of nitrogens with one attached hydrogen (secondary N) is 1. The van der Waals surface area contributed by atoms with E-state index in [1.165, 1.54) is 57.9 Å². The van der Waals surface area contributed by atoms with Gasteiger partial charge in [-0.25, -0.2) is 0 Å². The molecule has 0 rings (SSSR count). The van der Waals surface area contributed by atoms with Crippen LogP contribution in [0.3, 0.4) is 0 Å². The van der Waals surface area contributed by atoms with E-state index < -0.39 is 0 Å². The highest BCUT2D eigenvalue weighted by Gasteiger charge is 2.05. The molecule has 2 heteroatoms. The van der Waals surface area contributed by atoms with Crippen molar-refractivity contribution in [3.63, 3.8) is 0 Å². The van der Waals surface area contributed by atoms with Gasteiger partial charge in [-0.2, -0.15) is 0 Å². The van der Waals surface area contributed by atoms with Crippen molar-refractivity contribution in [1.29, 1.82) is 0 Å². The zero-order valence-electron chi connectivity index (χ0n) is 12.3. The van der Waals surface area contributed by atoms with E-state index in [2.05, 4.69) is 26.1 Å². The highest BCUT2D eigenvalue weighted by Crippen LogP contribution is 2.14. The number of unbranched alkanes of at least 4 members (excludes halogenated alkanes) is 2. The van der Waals surface area contributed by atoms with Crippen LogP contribution in [0.1, 0.15) is 72.1 Å². The van der Waals surface area contributed by atoms with E-state index in [1.54, 1.807) is 0 Å². The molecule has 0 heterocycles. The lowest BCUT2D eigenvalue weighted by Crippen LogP contribution is -2.27. The predicted octanol–water partition coefficient (Wildman–Crippen LogP) is 3.70. The van der Waals surface area contributed by atoms with Gasteiger partial charge in [-0.05, 0) is 51.6 Å². The summed E-state index contributed by atoms with van der Waals surface area (Å²) < 4.78 is 0. The van der Waals surface area contributed by atoms with Gasteiger partial charge in [-0.1, -0.05) is 39.5 Å². The summed E-state index contributed by atoms with van der Waals surface area (Å²) in [5.41, 5.74) is 5.61. The summed E-state index contributed by atoms with van der Waals surface area (Å²) in [7, 11) is 0. The summed E-state index contributed by atoms with van der Waals surface area (Å²) in [6.07, 6.45) is 10.5. The second-order valence-electron chi connectivity index (χ2n) is 5.34. The Bertz CT molecular complexity index is 148. The zero-order chi connectivity index (χ0) is 12.9. The van der Waals surface area contributed by atoms with Crippen molar-refractivity contribution in [2.75, 3.05) is 13.1 Å². The highest BCUT2D eigenvalue weighted by atomic mass is 14.9. The van der Waals surface area contributed by atoms with Crippen LogP contribution in [0.2, 0.25) is 0 Å². The normalized spacial score (nSPS) is 14.8. The van der Waals surface area contributed by atoms with Gasteiger partial charge >= 0.3 is 0 Å². The Morgan fingerprint density at radius 3 is 2.35 bits per heavy atom. The van der Waals surface area contributed by atoms with E-state index in [4.69, 9.17) is 5.73 Å². The molecule has 3 N–H and O–H groups in total. The van der Waals surface area contributed by atoms with Crippen molar-refractivity contribution in [2.24, 2.45) is 11.7 Å². The molecule has 0 aromatic carbocycles. The summed E-state index contributed by atoms with van der Waals surface area (Å²) in [6.45, 7) is 8.88. The predicted molar refractivity (Wildman–Crippen MR) is 78.3 cm³/mol. The maximum Gasteiger partial charge on any atom is 0.00387 e. The van der Waals surface area contributed by atoms with Crippen molar-refractivity contribution >= 4 is 0 Å². The Labute approximate surface area is 109 Å². The van der Waals surface area contributed by atoms with Gasteiger partial charge in [0.1, 0.15) is 0 Å². The zero-order valence-corrected chi connectivity index (χ0v) is 12.3. The van der Waals surface area contributed by atoms with Gasteiger partial charge in [-0.3, -0.25) is 0 Å². The van der Waals surface area contributed by atoms with E-state index in [-0.39, 0.29) is 0 Å². The van der Waals surface area contributed by atoms with E-state index >= 15 is 0 Å². The summed E-state index contributed by atoms with van der Waals surface area (Å²) in [4.78, 5) is 0. The average Bonchev–Trinajstić information content (AvgIpc) is 2.33. The van der Waals surface area contributed by atoms with Crippen LogP contribution < -0.4 is 11.1 Å². The quantitative estimate of drug-likeness (QED) is 0.512. The second kappa shape index (κ2) is 12.4. The minimum Gasteiger partial charge on any atom is -0.330 e. The lowest BCUT2D eigenvalue weighted by molar-refractivity contribution is 0.407. The Morgan fingerprint density at radius 2 is 1.76 bits per heavy atom. The van der Waals surface area contributed by atoms with Crippen LogP contribution in [0.25, 0.3) is 0 Å². The fraction of sp³-hybridized carbons (Fsp3) is 1.00. The van der Waals surface area contributed by atoms with E-state index in [0.717, 1.165) is 12.5 Å². The molecule has 0 amide bonds. The average molecular weight is 242 g/mol. The molecule has 0 aliphatic carbocycles. The van der Waals surface area contributed by atoms with Crippen molar-refractivity contribution < 1.29 is 0 Å². The molecule has 0 bridgehead atoms. The van der Waals surface area contributed by atoms with E-state index in [1.807, 2.05) is 0 Å². The number of nitrogens with two attached hydrogens (primary N) is 1. The third-order valence-corrected chi connectivity index (χ3v) is 3.67. The first kappa shape index (κ1) is 16.9. The fourth-order valence-corrected chi connectivity index (χ4v) is 2.33. The molecule has 0 saturated heterocycles. The molecule has 2 nitrogen and oxygen atoms in total. The maximum absolute atomic E-state index is 5.61. The van der Waals surface area contributed by atoms with Crippen LogP contribution in [0.15, 0.2) is 0 Å². The van der Waals surface area contributed by atoms with Gasteiger partial charge in [0.05, 0.1) is 0 Å². The summed E-state index contributed by atoms with van der Waals surface area (Å²) >= 11 is 0. The SMILES string of the molecule is CCCCCC(C)NCCCC(CC)CCN. The third-order valence-electron chi connectivity index (χ3n) is 3.67. The molecule has 17 heavy (non-hydrogen) atoms. The van der Waals surface area contributed by atoms with Crippen molar-refractivity contribution in [3.05, 3.63) is 0 Å². The van der Waals surface area contributed by atoms with Gasteiger partial charge in [0, 0.05) is 6.04 Å².